The zero-order valence-corrected chi connectivity index (χ0v) is 76.7. The van der Waals surface area contributed by atoms with Gasteiger partial charge in [-0.05, 0) is 194 Å². The molecule has 692 valence electrons. The molecule has 8 aromatic carbocycles. The molecule has 10 aromatic rings. The molecule has 10 saturated heterocycles. The maximum Gasteiger partial charge on any atom is 0.272 e. The number of methoxy groups -OCH3 is 2. The number of hydrogen-bond donors (Lipinski definition) is 2. The van der Waals surface area contributed by atoms with Gasteiger partial charge in [0.1, 0.15) is 24.5 Å². The molecule has 10 aliphatic rings. The number of amides is 8. The van der Waals surface area contributed by atoms with Crippen molar-refractivity contribution in [1.29, 1.82) is 0 Å². The van der Waals surface area contributed by atoms with E-state index in [9.17, 15) is 48.6 Å². The molecule has 12 heterocycles. The molecular weight excluding hydrogens is 1710 g/mol. The van der Waals surface area contributed by atoms with Crippen LogP contribution in [-0.2, 0) is 47.7 Å². The lowest BCUT2D eigenvalue weighted by atomic mass is 9.73. The van der Waals surface area contributed by atoms with Crippen LogP contribution in [0.2, 0.25) is 0 Å². The topological polar surface area (TPSA) is 266 Å². The average molecular weight is 1820 g/mol. The van der Waals surface area contributed by atoms with Crippen molar-refractivity contribution in [3.63, 3.8) is 0 Å². The Morgan fingerprint density at radius 3 is 0.904 bits per heavy atom. The lowest BCUT2D eigenvalue weighted by molar-refractivity contribution is -0.169. The van der Waals surface area contributed by atoms with Gasteiger partial charge in [-0.3, -0.25) is 48.3 Å². The summed E-state index contributed by atoms with van der Waals surface area (Å²) in [6.45, 7) is 9.58. The number of aliphatic hydroxyl groups is 2. The summed E-state index contributed by atoms with van der Waals surface area (Å²) in [5.41, 5.74) is 15.0. The Kier molecular flexibility index (Phi) is 29.9. The fourth-order valence-electron chi connectivity index (χ4n) is 20.9. The number of hydrogen-bond acceptors (Lipinski definition) is 16. The number of pyridine rings is 2. The van der Waals surface area contributed by atoms with Gasteiger partial charge in [0.2, 0.25) is 35.4 Å². The second-order valence-corrected chi connectivity index (χ2v) is 36.1. The van der Waals surface area contributed by atoms with Gasteiger partial charge in [-0.1, -0.05) is 169 Å². The first kappa shape index (κ1) is 93.6. The van der Waals surface area contributed by atoms with Crippen LogP contribution in [0.4, 0.5) is 0 Å². The highest BCUT2D eigenvalue weighted by Crippen LogP contribution is 2.48. The van der Waals surface area contributed by atoms with E-state index in [1.165, 1.54) is 11.1 Å². The number of aromatic nitrogens is 2. The molecule has 2 N–H and O–H groups in total. The third-order valence-electron chi connectivity index (χ3n) is 27.6. The monoisotopic (exact) mass is 1820 g/mol. The second kappa shape index (κ2) is 43.4. The van der Waals surface area contributed by atoms with Gasteiger partial charge >= 0.3 is 0 Å². The summed E-state index contributed by atoms with van der Waals surface area (Å²) in [5.74, 6) is 25.1. The van der Waals surface area contributed by atoms with E-state index >= 15 is 0 Å². The van der Waals surface area contributed by atoms with Crippen molar-refractivity contribution in [3.05, 3.63) is 344 Å². The predicted molar refractivity (Wildman–Crippen MR) is 512 cm³/mol. The molecule has 2 aromatic heterocycles. The third-order valence-corrected chi connectivity index (χ3v) is 27.6. The summed E-state index contributed by atoms with van der Waals surface area (Å²) in [4.78, 5) is 126. The fraction of sp³-hybridized carbons (Fsp3) is 0.339. The molecule has 20 rings (SSSR count). The number of carbonyl (C=O) groups is 8. The van der Waals surface area contributed by atoms with Crippen molar-refractivity contribution < 1.29 is 67.5 Å². The second-order valence-electron chi connectivity index (χ2n) is 36.1. The van der Waals surface area contributed by atoms with E-state index in [1.54, 1.807) is 92.4 Å². The van der Waals surface area contributed by atoms with Gasteiger partial charge in [0.25, 0.3) is 11.8 Å². The Morgan fingerprint density at radius 1 is 0.338 bits per heavy atom. The summed E-state index contributed by atoms with van der Waals surface area (Å²) in [7, 11) is 3.32. The Bertz CT molecular complexity index is 6240. The maximum absolute atomic E-state index is 13.1. The van der Waals surface area contributed by atoms with Crippen LogP contribution in [0.5, 0.6) is 0 Å². The van der Waals surface area contributed by atoms with Gasteiger partial charge in [0, 0.05) is 159 Å². The van der Waals surface area contributed by atoms with Gasteiger partial charge in [-0.25, -0.2) is 0 Å². The maximum atomic E-state index is 13.1. The van der Waals surface area contributed by atoms with Gasteiger partial charge < -0.3 is 68.4 Å². The molecule has 0 bridgehead atoms. The largest absolute Gasteiger partial charge is 0.394 e. The Balaban J connectivity index is 0.000000126. The first-order valence-corrected chi connectivity index (χ1v) is 46.7. The number of nitrogens with zero attached hydrogens (tertiary/aromatic N) is 10. The SMILES string of the molecule is COC[C@@H]1[C@H](c2ccc(C#Cc3cccc(C)c3)cc2)[C@H]2CN(C(=O)C3CCOCC3)CC(=O)N12.COC[C@H]1[C@@H](c2ccc(C#Cc3ccccc3)cc2)[C@@H]2CN(C(=O)c3ccccn3)CC(=O)N12.Cc1cccc(C#Cc2ccc([C@H]3[C@@H](CO)N4C(=O)CN(C(=O)C5CCOCC5)C[C@H]34)cc2)c1.O=C(c1ccccn1)N1CC(=O)N2[C@@H](CO)[C@@H](c3ccc(C#Cc4ccccc4)cc3)[C@@H]2C1. The van der Waals surface area contributed by atoms with Crippen molar-refractivity contribution in [2.45, 2.75) is 112 Å². The van der Waals surface area contributed by atoms with Crippen molar-refractivity contribution >= 4 is 47.3 Å². The third kappa shape index (κ3) is 21.0. The highest BCUT2D eigenvalue weighted by Gasteiger charge is 2.59. The van der Waals surface area contributed by atoms with Crippen molar-refractivity contribution in [2.24, 2.45) is 11.8 Å². The first-order chi connectivity index (χ1) is 66.4. The highest BCUT2D eigenvalue weighted by atomic mass is 16.5. The quantitative estimate of drug-likeness (QED) is 0.0959. The molecule has 8 amide bonds. The molecule has 10 aliphatic heterocycles. The lowest BCUT2D eigenvalue weighted by Gasteiger charge is -2.59. The van der Waals surface area contributed by atoms with Crippen LogP contribution in [0, 0.1) is 73.0 Å². The van der Waals surface area contributed by atoms with Crippen molar-refractivity contribution in [1.82, 2.24) is 49.2 Å². The summed E-state index contributed by atoms with van der Waals surface area (Å²) in [6.07, 6.45) is 6.06. The zero-order valence-electron chi connectivity index (χ0n) is 76.7. The first-order valence-electron chi connectivity index (χ1n) is 46.7. The van der Waals surface area contributed by atoms with E-state index in [-0.39, 0.29) is 170 Å². The number of fused-ring (bicyclic) bond motifs is 4. The highest BCUT2D eigenvalue weighted by molar-refractivity contribution is 5.97. The molecule has 24 nitrogen and oxygen atoms in total. The van der Waals surface area contributed by atoms with Crippen molar-refractivity contribution in [2.75, 3.05) is 119 Å². The Morgan fingerprint density at radius 2 is 0.610 bits per heavy atom. The van der Waals surface area contributed by atoms with Crippen molar-refractivity contribution in [3.8, 4) is 47.4 Å². The number of rotatable bonds is 14. The summed E-state index contributed by atoms with van der Waals surface area (Å²) in [6, 6.07) is 77.8. The van der Waals surface area contributed by atoms with Crippen LogP contribution in [-0.4, -0.2) is 274 Å². The molecule has 24 heteroatoms. The van der Waals surface area contributed by atoms with Crippen LogP contribution in [0.3, 0.4) is 0 Å². The molecule has 0 aliphatic carbocycles. The molecule has 136 heavy (non-hydrogen) atoms. The lowest BCUT2D eigenvalue weighted by Crippen LogP contribution is -2.73. The van der Waals surface area contributed by atoms with Crippen LogP contribution >= 0.6 is 0 Å². The molecule has 0 spiro atoms. The Labute approximate surface area is 793 Å². The Hall–Kier alpha value is -14.2. The predicted octanol–water partition coefficient (Wildman–Crippen LogP) is 10.5. The molecule has 10 fully saturated rings. The summed E-state index contributed by atoms with van der Waals surface area (Å²) in [5, 5.41) is 20.0. The van der Waals surface area contributed by atoms with Crippen LogP contribution in [0.15, 0.2) is 255 Å². The van der Waals surface area contributed by atoms with Gasteiger partial charge in [-0.2, -0.15) is 0 Å². The van der Waals surface area contributed by atoms with Gasteiger partial charge in [0.05, 0.1) is 87.9 Å². The van der Waals surface area contributed by atoms with Gasteiger partial charge in [-0.15, -0.1) is 0 Å². The van der Waals surface area contributed by atoms with E-state index in [1.807, 2.05) is 181 Å². The van der Waals surface area contributed by atoms with Gasteiger partial charge in [0.15, 0.2) is 0 Å². The fourth-order valence-corrected chi connectivity index (χ4v) is 20.9. The number of ether oxygens (including phenoxy) is 4. The average Bonchev–Trinajstić information content (AvgIpc) is 0.738. The van der Waals surface area contributed by atoms with E-state index in [4.69, 9.17) is 18.9 Å². The minimum Gasteiger partial charge on any atom is -0.394 e. The normalized spacial score (nSPS) is 22.9. The van der Waals surface area contributed by atoms with E-state index in [0.717, 1.165) is 79.6 Å². The summed E-state index contributed by atoms with van der Waals surface area (Å²) < 4.78 is 21.7. The molecule has 0 radical (unpaired) electrons. The minimum atomic E-state index is -0.282. The number of aryl methyl sites for hydroxylation is 2. The van der Waals surface area contributed by atoms with Crippen LogP contribution < -0.4 is 0 Å². The number of aliphatic hydroxyl groups excluding tert-OH is 2. The molecule has 0 unspecified atom stereocenters. The molecule has 0 saturated carbocycles. The number of piperazine rings is 4. The van der Waals surface area contributed by atoms with E-state index in [2.05, 4.69) is 107 Å². The minimum absolute atomic E-state index is 0.00183. The number of benzene rings is 8. The van der Waals surface area contributed by atoms with Crippen LogP contribution in [0.1, 0.15) is 148 Å². The van der Waals surface area contributed by atoms with Crippen LogP contribution in [0.25, 0.3) is 0 Å². The van der Waals surface area contributed by atoms with E-state index < -0.39 is 0 Å². The number of carbonyl (C=O) groups excluding carboxylic acids is 8. The molecular formula is C112H110N10O14. The van der Waals surface area contributed by atoms with E-state index in [0.29, 0.717) is 90.0 Å². The standard InChI is InChI=1S/C29H32N2O4.C28H25N3O3.C28H30N2O4.C27H23N3O3/c1-20-4-3-5-22(16-20)7-6-21-8-10-23(11-9-21)28-25-17-30(29(33)24-12-14-35-15-13-24)18-27(32)31(25)26(28)19-34-2;1-34-19-25-27(22-14-12-21(13-15-22)11-10-20-7-3-2-4-8-20)24-17-30(18-26(32)31(24)25)28(33)23-9-5-6-16-29-23;1-19-3-2-4-21(15-19)6-5-20-7-9-22(10-8-20)27-24-16-29(17-26(32)30(24)25(27)18-31)28(33)23-11-13-34-14-12-23;31-18-24-26(21-13-11-20(12-14-21)10-9-19-6-2-1-3-7-19)23-16-29(17-25(32)30(23)24)27(33)22-8-4-5-15-28-22/h3-5,8-11,16,24-26,28H,12-15,17-19H2,1-2H3;2-9,12-16,24-25,27H,17-19H2,1H3;2-4,7-10,15,23-25,27,31H,11-14,16-18H2,1H3;1-8,11-15,23-24,26,31H,16-18H2/t25-,26-,28-;2*24-,25-,27-;23-,24-,26-/m1010/s1. The molecule has 12 atom stereocenters. The summed E-state index contributed by atoms with van der Waals surface area (Å²) >= 11 is 0. The smallest absolute Gasteiger partial charge is 0.272 e. The zero-order chi connectivity index (χ0) is 94.3.